The van der Waals surface area contributed by atoms with Crippen molar-refractivity contribution in [3.63, 3.8) is 0 Å². The monoisotopic (exact) mass is 317 g/mol. The number of benzene rings is 1. The van der Waals surface area contributed by atoms with Gasteiger partial charge in [-0.15, -0.1) is 0 Å². The molecule has 0 fully saturated rings. The predicted octanol–water partition coefficient (Wildman–Crippen LogP) is 0.380. The number of aliphatic hydroxyl groups is 1. The quantitative estimate of drug-likeness (QED) is 0.344. The summed E-state index contributed by atoms with van der Waals surface area (Å²) in [6.45, 7) is 0. The molecule has 0 amide bonds. The lowest BCUT2D eigenvalue weighted by Gasteiger charge is -2.30. The average molecular weight is 318 g/mol. The molecule has 1 aromatic rings. The Morgan fingerprint density at radius 3 is 1.89 bits per heavy atom. The third-order valence-electron chi connectivity index (χ3n) is 2.17. The minimum absolute atomic E-state index is 0.0996. The molecule has 11 heteroatoms. The number of rotatable bonds is 3. The molecular weight excluding hydrogens is 307 g/mol. The maximum absolute atomic E-state index is 11.2. The van der Waals surface area contributed by atoms with Gasteiger partial charge >= 0.3 is 15.2 Å². The summed E-state index contributed by atoms with van der Waals surface area (Å²) in [7, 11) is -11.2. The molecule has 0 spiro atoms. The number of nitrogens with two attached hydrogens (primary N) is 1. The molecule has 0 bridgehead atoms. The summed E-state index contributed by atoms with van der Waals surface area (Å²) in [6, 6.07) is 2.94. The molecule has 1 rings (SSSR count). The van der Waals surface area contributed by atoms with Crippen molar-refractivity contribution in [2.24, 2.45) is 0 Å². The molecular formula is C7H10ClNO7P2. The van der Waals surface area contributed by atoms with Crippen LogP contribution in [-0.2, 0) is 14.2 Å². The summed E-state index contributed by atoms with van der Waals surface area (Å²) in [5.74, 6) is 0. The number of nitrogen functional groups attached to an aromatic ring is 1. The molecule has 0 aliphatic heterocycles. The highest BCUT2D eigenvalue weighted by Crippen LogP contribution is 2.73. The minimum atomic E-state index is -5.61. The minimum Gasteiger partial charge on any atom is -0.399 e. The van der Waals surface area contributed by atoms with E-state index in [2.05, 4.69) is 0 Å². The summed E-state index contributed by atoms with van der Waals surface area (Å²) in [4.78, 5) is 36.0. The molecule has 0 saturated carbocycles. The second kappa shape index (κ2) is 4.59. The molecule has 0 unspecified atom stereocenters. The van der Waals surface area contributed by atoms with E-state index >= 15 is 0 Å². The average Bonchev–Trinajstić information content (AvgIpc) is 2.12. The number of halogens is 1. The lowest BCUT2D eigenvalue weighted by molar-refractivity contribution is 0.131. The van der Waals surface area contributed by atoms with Gasteiger partial charge in [-0.05, 0) is 12.1 Å². The van der Waals surface area contributed by atoms with Gasteiger partial charge in [-0.3, -0.25) is 9.13 Å². The van der Waals surface area contributed by atoms with Gasteiger partial charge in [0, 0.05) is 11.3 Å². The van der Waals surface area contributed by atoms with Gasteiger partial charge in [0.05, 0.1) is 5.02 Å². The van der Waals surface area contributed by atoms with Gasteiger partial charge in [0.1, 0.15) is 0 Å². The van der Waals surface area contributed by atoms with Crippen LogP contribution in [-0.4, -0.2) is 24.7 Å². The fourth-order valence-electron chi connectivity index (χ4n) is 1.29. The summed E-state index contributed by atoms with van der Waals surface area (Å²) in [5, 5.41) is 5.60. The standard InChI is InChI=1S/C7H10ClNO7P2/c8-6-3-4(9)1-2-5(6)7(10,17(11,12)13)18(14,15)16/h1-3,10H,9H2,(H2,11,12,13)(H2,14,15,16). The first-order valence-corrected chi connectivity index (χ1v) is 7.90. The van der Waals surface area contributed by atoms with Crippen molar-refractivity contribution in [3.8, 4) is 0 Å². The first-order chi connectivity index (χ1) is 7.91. The second-order valence-electron chi connectivity index (χ2n) is 3.46. The molecule has 0 saturated heterocycles. The first-order valence-electron chi connectivity index (χ1n) is 4.30. The smallest absolute Gasteiger partial charge is 0.374 e. The molecule has 18 heavy (non-hydrogen) atoms. The molecule has 0 aliphatic rings. The van der Waals surface area contributed by atoms with Crippen molar-refractivity contribution in [2.75, 3.05) is 5.73 Å². The normalized spacial score (nSPS) is 13.7. The van der Waals surface area contributed by atoms with E-state index in [1.54, 1.807) is 0 Å². The van der Waals surface area contributed by atoms with Gasteiger partial charge in [0.15, 0.2) is 0 Å². The second-order valence-corrected chi connectivity index (χ2v) is 7.69. The fourth-order valence-corrected chi connectivity index (χ4v) is 4.12. The van der Waals surface area contributed by atoms with Crippen LogP contribution in [0.1, 0.15) is 5.56 Å². The van der Waals surface area contributed by atoms with E-state index in [0.29, 0.717) is 0 Å². The molecule has 102 valence electrons. The number of hydrogen-bond donors (Lipinski definition) is 6. The number of hydrogen-bond acceptors (Lipinski definition) is 4. The highest BCUT2D eigenvalue weighted by molar-refractivity contribution is 7.71. The van der Waals surface area contributed by atoms with Crippen molar-refractivity contribution in [1.29, 1.82) is 0 Å². The van der Waals surface area contributed by atoms with E-state index in [0.717, 1.165) is 18.2 Å². The van der Waals surface area contributed by atoms with Crippen LogP contribution in [0.3, 0.4) is 0 Å². The van der Waals surface area contributed by atoms with Crippen molar-refractivity contribution in [1.82, 2.24) is 0 Å². The van der Waals surface area contributed by atoms with E-state index in [9.17, 15) is 14.2 Å². The zero-order valence-corrected chi connectivity index (χ0v) is 11.2. The van der Waals surface area contributed by atoms with E-state index in [1.165, 1.54) is 0 Å². The lowest BCUT2D eigenvalue weighted by Crippen LogP contribution is -2.26. The topological polar surface area (TPSA) is 161 Å². The molecule has 0 aromatic heterocycles. The van der Waals surface area contributed by atoms with E-state index in [4.69, 9.17) is 36.9 Å². The van der Waals surface area contributed by atoms with Gasteiger partial charge in [-0.2, -0.15) is 0 Å². The van der Waals surface area contributed by atoms with Gasteiger partial charge in [-0.1, -0.05) is 17.7 Å². The molecule has 0 atom stereocenters. The van der Waals surface area contributed by atoms with Crippen LogP contribution in [0.4, 0.5) is 5.69 Å². The summed E-state index contributed by atoms with van der Waals surface area (Å²) < 4.78 is 22.4. The molecule has 7 N–H and O–H groups in total. The molecule has 1 aromatic carbocycles. The Morgan fingerprint density at radius 2 is 1.56 bits per heavy atom. The van der Waals surface area contributed by atoms with Crippen LogP contribution in [0, 0.1) is 0 Å². The third-order valence-corrected chi connectivity index (χ3v) is 6.15. The van der Waals surface area contributed by atoms with Crippen LogP contribution in [0.5, 0.6) is 0 Å². The van der Waals surface area contributed by atoms with Crippen LogP contribution in [0.2, 0.25) is 5.02 Å². The molecule has 0 radical (unpaired) electrons. The van der Waals surface area contributed by atoms with Gasteiger partial charge in [-0.25, -0.2) is 0 Å². The highest BCUT2D eigenvalue weighted by Gasteiger charge is 2.61. The zero-order chi connectivity index (χ0) is 14.4. The van der Waals surface area contributed by atoms with Crippen LogP contribution < -0.4 is 5.73 Å². The van der Waals surface area contributed by atoms with Gasteiger partial charge in [0.25, 0.3) is 5.08 Å². The van der Waals surface area contributed by atoms with E-state index < -0.39 is 30.9 Å². The Kier molecular flexibility index (Phi) is 3.99. The van der Waals surface area contributed by atoms with Crippen molar-refractivity contribution < 1.29 is 33.8 Å². The Labute approximate surface area is 106 Å². The predicted molar refractivity (Wildman–Crippen MR) is 63.8 cm³/mol. The third kappa shape index (κ3) is 2.47. The fraction of sp³-hybridized carbons (Fsp3) is 0.143. The maximum Gasteiger partial charge on any atom is 0.374 e. The van der Waals surface area contributed by atoms with Crippen molar-refractivity contribution in [3.05, 3.63) is 28.8 Å². The van der Waals surface area contributed by atoms with Crippen molar-refractivity contribution >= 4 is 32.5 Å². The molecule has 8 nitrogen and oxygen atoms in total. The summed E-state index contributed by atoms with van der Waals surface area (Å²) in [5.41, 5.74) is 4.64. The SMILES string of the molecule is Nc1ccc(C(O)(P(=O)(O)O)P(=O)(O)O)c(Cl)c1. The van der Waals surface area contributed by atoms with E-state index in [-0.39, 0.29) is 5.69 Å². The van der Waals surface area contributed by atoms with Crippen LogP contribution in [0.15, 0.2) is 18.2 Å². The Bertz CT molecular complexity index is 543. The zero-order valence-electron chi connectivity index (χ0n) is 8.63. The number of anilines is 1. The van der Waals surface area contributed by atoms with Gasteiger partial charge in [0.2, 0.25) is 0 Å². The van der Waals surface area contributed by atoms with E-state index in [1.807, 2.05) is 0 Å². The summed E-state index contributed by atoms with van der Waals surface area (Å²) in [6.07, 6.45) is 0. The highest BCUT2D eigenvalue weighted by atomic mass is 35.5. The molecule has 0 aliphatic carbocycles. The van der Waals surface area contributed by atoms with Crippen LogP contribution in [0.25, 0.3) is 0 Å². The summed E-state index contributed by atoms with van der Waals surface area (Å²) >= 11 is 5.60. The van der Waals surface area contributed by atoms with Gasteiger partial charge < -0.3 is 30.4 Å². The van der Waals surface area contributed by atoms with Crippen LogP contribution >= 0.6 is 26.8 Å². The maximum atomic E-state index is 11.2. The lowest BCUT2D eigenvalue weighted by atomic mass is 10.2. The Hall–Kier alpha value is -0.430. The first kappa shape index (κ1) is 15.6. The van der Waals surface area contributed by atoms with Crippen molar-refractivity contribution in [2.45, 2.75) is 5.08 Å². The largest absolute Gasteiger partial charge is 0.399 e. The Morgan fingerprint density at radius 1 is 1.11 bits per heavy atom. The Balaban J connectivity index is 3.67. The molecule has 0 heterocycles.